The van der Waals surface area contributed by atoms with Gasteiger partial charge in [-0.15, -0.1) is 0 Å². The van der Waals surface area contributed by atoms with Crippen LogP contribution in [-0.2, 0) is 23.9 Å². The third-order valence-electron chi connectivity index (χ3n) is 5.32. The van der Waals surface area contributed by atoms with Gasteiger partial charge in [-0.05, 0) is 78.5 Å². The van der Waals surface area contributed by atoms with Crippen LogP contribution in [0.3, 0.4) is 0 Å². The van der Waals surface area contributed by atoms with Gasteiger partial charge in [0.05, 0.1) is 12.0 Å². The van der Waals surface area contributed by atoms with Crippen LogP contribution in [0.5, 0.6) is 0 Å². The lowest BCUT2D eigenvalue weighted by atomic mass is 10.0. The van der Waals surface area contributed by atoms with E-state index in [0.29, 0.717) is 6.04 Å². The van der Waals surface area contributed by atoms with Crippen LogP contribution in [-0.4, -0.2) is 48.9 Å². The van der Waals surface area contributed by atoms with E-state index in [1.54, 1.807) is 6.07 Å². The zero-order chi connectivity index (χ0) is 21.9. The molecule has 0 unspecified atom stereocenters. The molecule has 0 aliphatic carbocycles. The fourth-order valence-electron chi connectivity index (χ4n) is 3.71. The summed E-state index contributed by atoms with van der Waals surface area (Å²) in [7, 11) is 3.98. The van der Waals surface area contributed by atoms with E-state index in [-0.39, 0.29) is 30.1 Å². The summed E-state index contributed by atoms with van der Waals surface area (Å²) >= 11 is 2.15. The molecule has 0 spiro atoms. The third kappa shape index (κ3) is 6.18. The molecule has 3 rings (SSSR count). The number of rotatable bonds is 6. The molecule has 1 saturated heterocycles. The molecule has 1 atom stereocenters. The zero-order valence-corrected chi connectivity index (χ0v) is 19.1. The van der Waals surface area contributed by atoms with Gasteiger partial charge in [0.1, 0.15) is 0 Å². The SMILES string of the molecule is CN(C)[C@H]1CCN(Cc2ccc(NC(=O)Cc3cccc(I)c3)cc2C(F)(F)F)C1. The Kier molecular flexibility index (Phi) is 7.41. The minimum atomic E-state index is -4.48. The Bertz CT molecular complexity index is 901. The molecule has 30 heavy (non-hydrogen) atoms. The van der Waals surface area contributed by atoms with Crippen molar-refractivity contribution in [3.05, 3.63) is 62.7 Å². The monoisotopic (exact) mass is 531 g/mol. The van der Waals surface area contributed by atoms with Crippen molar-refractivity contribution < 1.29 is 18.0 Å². The number of likely N-dealkylation sites (tertiary alicyclic amines) is 1. The van der Waals surface area contributed by atoms with Crippen molar-refractivity contribution in [1.82, 2.24) is 9.80 Å². The maximum absolute atomic E-state index is 13.7. The average Bonchev–Trinajstić information content (AvgIpc) is 3.11. The van der Waals surface area contributed by atoms with E-state index in [1.165, 1.54) is 6.07 Å². The van der Waals surface area contributed by atoms with Crippen molar-refractivity contribution >= 4 is 34.2 Å². The van der Waals surface area contributed by atoms with Gasteiger partial charge in [0.15, 0.2) is 0 Å². The molecular formula is C22H25F3IN3O. The van der Waals surface area contributed by atoms with E-state index >= 15 is 0 Å². The van der Waals surface area contributed by atoms with E-state index in [9.17, 15) is 18.0 Å². The fourth-order valence-corrected chi connectivity index (χ4v) is 4.32. The summed E-state index contributed by atoms with van der Waals surface area (Å²) in [5.74, 6) is -0.341. The summed E-state index contributed by atoms with van der Waals surface area (Å²) in [6.45, 7) is 1.77. The number of carbonyl (C=O) groups excluding carboxylic acids is 1. The van der Waals surface area contributed by atoms with Gasteiger partial charge in [0.2, 0.25) is 5.91 Å². The van der Waals surface area contributed by atoms with E-state index < -0.39 is 11.7 Å². The number of carbonyl (C=O) groups is 1. The Morgan fingerprint density at radius 3 is 2.63 bits per heavy atom. The first-order valence-electron chi connectivity index (χ1n) is 9.75. The molecule has 2 aromatic carbocycles. The first-order valence-corrected chi connectivity index (χ1v) is 10.8. The molecule has 1 N–H and O–H groups in total. The van der Waals surface area contributed by atoms with Gasteiger partial charge in [0.25, 0.3) is 0 Å². The quantitative estimate of drug-likeness (QED) is 0.553. The highest BCUT2D eigenvalue weighted by atomic mass is 127. The standard InChI is InChI=1S/C22H25F3IN3O/c1-28(2)19-8-9-29(14-19)13-16-6-7-18(12-20(16)22(23,24)25)27-21(30)11-15-4-3-5-17(26)10-15/h3-7,10,12,19H,8-9,11,13-14H2,1-2H3,(H,27,30)/t19-/m0/s1. The molecular weight excluding hydrogens is 506 g/mol. The summed E-state index contributed by atoms with van der Waals surface area (Å²) in [6, 6.07) is 11.9. The van der Waals surface area contributed by atoms with Crippen molar-refractivity contribution in [1.29, 1.82) is 0 Å². The van der Waals surface area contributed by atoms with Crippen LogP contribution in [0.1, 0.15) is 23.1 Å². The number of nitrogens with zero attached hydrogens (tertiary/aromatic N) is 2. The topological polar surface area (TPSA) is 35.6 Å². The second-order valence-corrected chi connectivity index (χ2v) is 9.11. The molecule has 4 nitrogen and oxygen atoms in total. The molecule has 0 aromatic heterocycles. The predicted molar refractivity (Wildman–Crippen MR) is 120 cm³/mol. The lowest BCUT2D eigenvalue weighted by Crippen LogP contribution is -2.31. The maximum atomic E-state index is 13.7. The van der Waals surface area contributed by atoms with Gasteiger partial charge >= 0.3 is 6.18 Å². The Hall–Kier alpha value is -1.65. The molecule has 2 aromatic rings. The van der Waals surface area contributed by atoms with Crippen LogP contribution in [0.2, 0.25) is 0 Å². The van der Waals surface area contributed by atoms with Crippen molar-refractivity contribution in [2.45, 2.75) is 31.6 Å². The molecule has 0 radical (unpaired) electrons. The average molecular weight is 531 g/mol. The number of anilines is 1. The van der Waals surface area contributed by atoms with Crippen LogP contribution in [0, 0.1) is 3.57 Å². The van der Waals surface area contributed by atoms with Crippen LogP contribution < -0.4 is 5.32 Å². The predicted octanol–water partition coefficient (Wildman–Crippen LogP) is 4.63. The minimum absolute atomic E-state index is 0.111. The van der Waals surface area contributed by atoms with Crippen LogP contribution >= 0.6 is 22.6 Å². The van der Waals surface area contributed by atoms with E-state index in [2.05, 4.69) is 32.8 Å². The summed E-state index contributed by atoms with van der Waals surface area (Å²) in [5.41, 5.74) is 0.520. The number of halogens is 4. The molecule has 1 amide bonds. The molecule has 1 heterocycles. The Labute approximate surface area is 188 Å². The van der Waals surface area contributed by atoms with Crippen molar-refractivity contribution in [2.24, 2.45) is 0 Å². The first kappa shape index (κ1) is 23.0. The van der Waals surface area contributed by atoms with E-state index in [0.717, 1.165) is 34.7 Å². The zero-order valence-electron chi connectivity index (χ0n) is 17.0. The van der Waals surface area contributed by atoms with Gasteiger partial charge in [-0.1, -0.05) is 18.2 Å². The van der Waals surface area contributed by atoms with Crippen LogP contribution in [0.4, 0.5) is 18.9 Å². The lowest BCUT2D eigenvalue weighted by Gasteiger charge is -2.22. The fraction of sp³-hybridized carbons (Fsp3) is 0.409. The summed E-state index contributed by atoms with van der Waals surface area (Å²) in [6.07, 6.45) is -3.42. The second-order valence-electron chi connectivity index (χ2n) is 7.87. The Morgan fingerprint density at radius 2 is 2.00 bits per heavy atom. The first-order chi connectivity index (χ1) is 14.1. The van der Waals surface area contributed by atoms with Crippen molar-refractivity contribution in [2.75, 3.05) is 32.5 Å². The summed E-state index contributed by atoms with van der Waals surface area (Å²) in [4.78, 5) is 16.5. The molecule has 0 saturated carbocycles. The molecule has 8 heteroatoms. The summed E-state index contributed by atoms with van der Waals surface area (Å²) < 4.78 is 42.1. The van der Waals surface area contributed by atoms with Crippen LogP contribution in [0.15, 0.2) is 42.5 Å². The minimum Gasteiger partial charge on any atom is -0.326 e. The highest BCUT2D eigenvalue weighted by Crippen LogP contribution is 2.35. The third-order valence-corrected chi connectivity index (χ3v) is 6.00. The highest BCUT2D eigenvalue weighted by Gasteiger charge is 2.35. The van der Waals surface area contributed by atoms with Gasteiger partial charge in [-0.25, -0.2) is 0 Å². The molecule has 1 aliphatic rings. The van der Waals surface area contributed by atoms with E-state index in [1.807, 2.05) is 43.3 Å². The van der Waals surface area contributed by atoms with Gasteiger partial charge in [-0.3, -0.25) is 9.69 Å². The number of amides is 1. The van der Waals surface area contributed by atoms with Gasteiger partial charge in [0, 0.05) is 34.9 Å². The molecule has 0 bridgehead atoms. The number of hydrogen-bond donors (Lipinski definition) is 1. The highest BCUT2D eigenvalue weighted by molar-refractivity contribution is 14.1. The van der Waals surface area contributed by atoms with Crippen molar-refractivity contribution in [3.63, 3.8) is 0 Å². The Balaban J connectivity index is 1.72. The second kappa shape index (κ2) is 9.65. The smallest absolute Gasteiger partial charge is 0.326 e. The van der Waals surface area contributed by atoms with E-state index in [4.69, 9.17) is 0 Å². The summed E-state index contributed by atoms with van der Waals surface area (Å²) in [5, 5.41) is 2.60. The molecule has 1 fully saturated rings. The van der Waals surface area contributed by atoms with Crippen LogP contribution in [0.25, 0.3) is 0 Å². The number of hydrogen-bond acceptors (Lipinski definition) is 3. The largest absolute Gasteiger partial charge is 0.416 e. The lowest BCUT2D eigenvalue weighted by molar-refractivity contribution is -0.138. The number of alkyl halides is 3. The normalized spacial score (nSPS) is 17.5. The van der Waals surface area contributed by atoms with Gasteiger partial charge < -0.3 is 10.2 Å². The molecule has 162 valence electrons. The Morgan fingerprint density at radius 1 is 1.23 bits per heavy atom. The van der Waals surface area contributed by atoms with Crippen molar-refractivity contribution in [3.8, 4) is 0 Å². The molecule has 1 aliphatic heterocycles. The number of likely N-dealkylation sites (N-methyl/N-ethyl adjacent to an activating group) is 1. The number of nitrogens with one attached hydrogen (secondary N) is 1. The maximum Gasteiger partial charge on any atom is 0.416 e. The number of benzene rings is 2. The van der Waals surface area contributed by atoms with Gasteiger partial charge in [-0.2, -0.15) is 13.2 Å².